The zero-order valence-corrected chi connectivity index (χ0v) is 14.8. The lowest BCUT2D eigenvalue weighted by atomic mass is 10.1. The van der Waals surface area contributed by atoms with Crippen LogP contribution in [-0.4, -0.2) is 25.3 Å². The second-order valence-corrected chi connectivity index (χ2v) is 8.51. The Hall–Kier alpha value is -1.93. The SMILES string of the molecule is Cc1cccc(C2CC(S(=O)(=O)c3cccc(C(F)(F)F)c3)CCO2)n1. The summed E-state index contributed by atoms with van der Waals surface area (Å²) in [6.07, 6.45) is -4.68. The first-order chi connectivity index (χ1) is 12.2. The molecular weight excluding hydrogens is 367 g/mol. The van der Waals surface area contributed by atoms with Crippen molar-refractivity contribution in [3.05, 3.63) is 59.4 Å². The summed E-state index contributed by atoms with van der Waals surface area (Å²) in [5.41, 5.74) is 0.449. The lowest BCUT2D eigenvalue weighted by Gasteiger charge is -2.29. The molecule has 0 aliphatic carbocycles. The molecule has 4 nitrogen and oxygen atoms in total. The number of nitrogens with zero attached hydrogens (tertiary/aromatic N) is 1. The van der Waals surface area contributed by atoms with Gasteiger partial charge in [0.15, 0.2) is 9.84 Å². The van der Waals surface area contributed by atoms with E-state index < -0.39 is 32.9 Å². The van der Waals surface area contributed by atoms with Crippen molar-refractivity contribution in [1.29, 1.82) is 0 Å². The summed E-state index contributed by atoms with van der Waals surface area (Å²) < 4.78 is 70.1. The summed E-state index contributed by atoms with van der Waals surface area (Å²) in [4.78, 5) is 4.05. The van der Waals surface area contributed by atoms with Crippen molar-refractivity contribution < 1.29 is 26.3 Å². The van der Waals surface area contributed by atoms with Gasteiger partial charge in [-0.1, -0.05) is 12.1 Å². The highest BCUT2D eigenvalue weighted by Crippen LogP contribution is 2.35. The number of pyridine rings is 1. The third-order valence-corrected chi connectivity index (χ3v) is 6.62. The summed E-state index contributed by atoms with van der Waals surface area (Å²) in [5, 5.41) is -0.813. The fourth-order valence-electron chi connectivity index (χ4n) is 3.04. The Bertz CT molecular complexity index is 897. The molecule has 0 radical (unpaired) electrons. The molecule has 0 spiro atoms. The van der Waals surface area contributed by atoms with E-state index in [0.717, 1.165) is 17.8 Å². The van der Waals surface area contributed by atoms with Crippen molar-refractivity contribution in [2.24, 2.45) is 0 Å². The molecule has 1 aromatic carbocycles. The maximum absolute atomic E-state index is 12.9. The Morgan fingerprint density at radius 1 is 1.15 bits per heavy atom. The van der Waals surface area contributed by atoms with Crippen LogP contribution in [0.1, 0.15) is 35.9 Å². The molecule has 0 N–H and O–H groups in total. The van der Waals surface area contributed by atoms with Gasteiger partial charge in [0, 0.05) is 12.3 Å². The Morgan fingerprint density at radius 3 is 2.58 bits per heavy atom. The van der Waals surface area contributed by atoms with Gasteiger partial charge in [0.1, 0.15) is 6.10 Å². The smallest absolute Gasteiger partial charge is 0.372 e. The molecule has 3 rings (SSSR count). The standard InChI is InChI=1S/C18H18F3NO3S/c1-12-4-2-7-16(22-12)17-11-15(8-9-25-17)26(23,24)14-6-3-5-13(10-14)18(19,20)21/h2-7,10,15,17H,8-9,11H2,1H3. The first kappa shape index (κ1) is 18.8. The summed E-state index contributed by atoms with van der Waals surface area (Å²) in [6, 6.07) is 9.29. The topological polar surface area (TPSA) is 56.3 Å². The van der Waals surface area contributed by atoms with Crippen LogP contribution in [0.5, 0.6) is 0 Å². The third-order valence-electron chi connectivity index (χ3n) is 4.40. The van der Waals surface area contributed by atoms with E-state index >= 15 is 0 Å². The van der Waals surface area contributed by atoms with Crippen LogP contribution in [0.25, 0.3) is 0 Å². The van der Waals surface area contributed by atoms with Gasteiger partial charge in [-0.25, -0.2) is 8.42 Å². The van der Waals surface area contributed by atoms with Gasteiger partial charge in [0.25, 0.3) is 0 Å². The molecule has 0 amide bonds. The molecule has 1 aliphatic rings. The second kappa shape index (κ2) is 7.00. The number of hydrogen-bond acceptors (Lipinski definition) is 4. The minimum Gasteiger partial charge on any atom is -0.372 e. The Morgan fingerprint density at radius 2 is 1.88 bits per heavy atom. The number of halogens is 3. The summed E-state index contributed by atoms with van der Waals surface area (Å²) in [5.74, 6) is 0. The van der Waals surface area contributed by atoms with E-state index in [0.29, 0.717) is 11.8 Å². The molecule has 2 heterocycles. The Labute approximate surface area is 149 Å². The van der Waals surface area contributed by atoms with Gasteiger partial charge in [-0.2, -0.15) is 13.2 Å². The molecule has 1 aliphatic heterocycles. The minimum atomic E-state index is -4.59. The molecule has 2 atom stereocenters. The molecule has 2 unspecified atom stereocenters. The van der Waals surface area contributed by atoms with Crippen LogP contribution < -0.4 is 0 Å². The van der Waals surface area contributed by atoms with Crippen molar-refractivity contribution in [1.82, 2.24) is 4.98 Å². The molecule has 1 aromatic heterocycles. The normalized spacial score (nSPS) is 21.5. The van der Waals surface area contributed by atoms with E-state index in [-0.39, 0.29) is 24.3 Å². The van der Waals surface area contributed by atoms with Crippen LogP contribution in [0.2, 0.25) is 0 Å². The van der Waals surface area contributed by atoms with E-state index in [2.05, 4.69) is 4.98 Å². The zero-order chi connectivity index (χ0) is 18.9. The Balaban J connectivity index is 1.88. The lowest BCUT2D eigenvalue weighted by Crippen LogP contribution is -2.31. The van der Waals surface area contributed by atoms with Crippen molar-refractivity contribution >= 4 is 9.84 Å². The van der Waals surface area contributed by atoms with Gasteiger partial charge < -0.3 is 4.74 Å². The van der Waals surface area contributed by atoms with E-state index in [1.165, 1.54) is 6.07 Å². The largest absolute Gasteiger partial charge is 0.416 e. The van der Waals surface area contributed by atoms with Crippen molar-refractivity contribution in [3.63, 3.8) is 0 Å². The molecule has 1 saturated heterocycles. The van der Waals surface area contributed by atoms with Crippen LogP contribution in [0, 0.1) is 6.92 Å². The molecule has 0 bridgehead atoms. The highest BCUT2D eigenvalue weighted by atomic mass is 32.2. The fraction of sp³-hybridized carbons (Fsp3) is 0.389. The van der Waals surface area contributed by atoms with Gasteiger partial charge in [-0.3, -0.25) is 4.98 Å². The van der Waals surface area contributed by atoms with Gasteiger partial charge in [-0.15, -0.1) is 0 Å². The average Bonchev–Trinajstić information content (AvgIpc) is 2.61. The predicted molar refractivity (Wildman–Crippen MR) is 89.3 cm³/mol. The highest BCUT2D eigenvalue weighted by Gasteiger charge is 2.37. The summed E-state index contributed by atoms with van der Waals surface area (Å²) >= 11 is 0. The maximum atomic E-state index is 12.9. The maximum Gasteiger partial charge on any atom is 0.416 e. The van der Waals surface area contributed by atoms with Crippen LogP contribution in [-0.2, 0) is 20.8 Å². The Kier molecular flexibility index (Phi) is 5.07. The van der Waals surface area contributed by atoms with Crippen molar-refractivity contribution in [2.75, 3.05) is 6.61 Å². The number of sulfone groups is 1. The van der Waals surface area contributed by atoms with E-state index in [1.807, 2.05) is 19.1 Å². The predicted octanol–water partition coefficient (Wildman–Crippen LogP) is 4.10. The fourth-order valence-corrected chi connectivity index (χ4v) is 4.82. The lowest BCUT2D eigenvalue weighted by molar-refractivity contribution is -0.137. The van der Waals surface area contributed by atoms with Crippen LogP contribution in [0.4, 0.5) is 13.2 Å². The van der Waals surface area contributed by atoms with E-state index in [1.54, 1.807) is 6.07 Å². The quantitative estimate of drug-likeness (QED) is 0.798. The number of aromatic nitrogens is 1. The molecule has 8 heteroatoms. The van der Waals surface area contributed by atoms with Gasteiger partial charge in [-0.05, 0) is 50.1 Å². The first-order valence-corrected chi connectivity index (χ1v) is 9.69. The van der Waals surface area contributed by atoms with Crippen LogP contribution >= 0.6 is 0 Å². The van der Waals surface area contributed by atoms with Gasteiger partial charge in [0.2, 0.25) is 0 Å². The van der Waals surface area contributed by atoms with Crippen LogP contribution in [0.3, 0.4) is 0 Å². The second-order valence-electron chi connectivity index (χ2n) is 6.28. The average molecular weight is 385 g/mol. The number of benzene rings is 1. The first-order valence-electron chi connectivity index (χ1n) is 8.14. The number of ether oxygens (including phenoxy) is 1. The number of hydrogen-bond donors (Lipinski definition) is 0. The molecule has 2 aromatic rings. The molecule has 140 valence electrons. The van der Waals surface area contributed by atoms with E-state index in [4.69, 9.17) is 4.74 Å². The van der Waals surface area contributed by atoms with Crippen molar-refractivity contribution in [3.8, 4) is 0 Å². The van der Waals surface area contributed by atoms with E-state index in [9.17, 15) is 21.6 Å². The monoisotopic (exact) mass is 385 g/mol. The number of alkyl halides is 3. The molecule has 1 fully saturated rings. The third kappa shape index (κ3) is 3.91. The summed E-state index contributed by atoms with van der Waals surface area (Å²) in [6.45, 7) is 2.03. The number of rotatable bonds is 3. The molecular formula is C18H18F3NO3S. The minimum absolute atomic E-state index is 0.162. The zero-order valence-electron chi connectivity index (χ0n) is 14.0. The van der Waals surface area contributed by atoms with Crippen LogP contribution in [0.15, 0.2) is 47.4 Å². The summed E-state index contributed by atoms with van der Waals surface area (Å²) in [7, 11) is -3.90. The molecule has 0 saturated carbocycles. The van der Waals surface area contributed by atoms with Crippen molar-refractivity contribution in [2.45, 2.75) is 42.2 Å². The molecule has 26 heavy (non-hydrogen) atoms. The van der Waals surface area contributed by atoms with Gasteiger partial charge >= 0.3 is 6.18 Å². The number of aryl methyl sites for hydroxylation is 1. The van der Waals surface area contributed by atoms with Gasteiger partial charge in [0.05, 0.1) is 21.4 Å². The highest BCUT2D eigenvalue weighted by molar-refractivity contribution is 7.92.